The molecule has 0 spiro atoms. The van der Waals surface area contributed by atoms with E-state index in [2.05, 4.69) is 34.4 Å². The van der Waals surface area contributed by atoms with E-state index < -0.39 is 0 Å². The number of hydrogen-bond acceptors (Lipinski definition) is 2. The molecule has 0 saturated carbocycles. The first-order valence-corrected chi connectivity index (χ1v) is 12.1. The number of para-hydroxylation sites is 1. The van der Waals surface area contributed by atoms with Gasteiger partial charge in [-0.05, 0) is 48.9 Å². The predicted molar refractivity (Wildman–Crippen MR) is 135 cm³/mol. The van der Waals surface area contributed by atoms with Crippen LogP contribution < -0.4 is 10.2 Å². The van der Waals surface area contributed by atoms with Gasteiger partial charge in [0.05, 0.1) is 30.5 Å². The normalized spacial score (nSPS) is 18.1. The van der Waals surface area contributed by atoms with Crippen molar-refractivity contribution in [2.24, 2.45) is 5.92 Å². The summed E-state index contributed by atoms with van der Waals surface area (Å²) in [6.45, 7) is 4.72. The van der Waals surface area contributed by atoms with Crippen LogP contribution in [0.5, 0.6) is 0 Å². The minimum atomic E-state index is 0.0260. The summed E-state index contributed by atoms with van der Waals surface area (Å²) in [4.78, 5) is 14.4. The highest BCUT2D eigenvalue weighted by Crippen LogP contribution is 2.24. The Morgan fingerprint density at radius 1 is 1.06 bits per heavy atom. The Kier molecular flexibility index (Phi) is 6.52. The lowest BCUT2D eigenvalue weighted by Crippen LogP contribution is -3.11. The van der Waals surface area contributed by atoms with Crippen LogP contribution in [-0.2, 0) is 11.3 Å². The van der Waals surface area contributed by atoms with Gasteiger partial charge in [0.15, 0.2) is 0 Å². The Bertz CT molecular complexity index is 1260. The van der Waals surface area contributed by atoms with E-state index in [1.54, 1.807) is 0 Å². The van der Waals surface area contributed by atoms with Gasteiger partial charge in [0, 0.05) is 41.9 Å². The Morgan fingerprint density at radius 2 is 1.79 bits per heavy atom. The Balaban J connectivity index is 1.27. The van der Waals surface area contributed by atoms with E-state index in [1.807, 2.05) is 66.3 Å². The van der Waals surface area contributed by atoms with E-state index in [0.29, 0.717) is 5.02 Å². The molecule has 174 valence electrons. The zero-order valence-electron chi connectivity index (χ0n) is 19.2. The van der Waals surface area contributed by atoms with Crippen molar-refractivity contribution in [2.45, 2.75) is 26.3 Å². The second-order valence-corrected chi connectivity index (χ2v) is 9.34. The van der Waals surface area contributed by atoms with Gasteiger partial charge in [-0.2, -0.15) is 5.10 Å². The summed E-state index contributed by atoms with van der Waals surface area (Å²) in [6.07, 6.45) is 7.84. The van der Waals surface area contributed by atoms with Crippen LogP contribution >= 0.6 is 11.6 Å². The summed E-state index contributed by atoms with van der Waals surface area (Å²) in [6, 6.07) is 19.9. The Morgan fingerprint density at radius 3 is 2.53 bits per heavy atom. The minimum absolute atomic E-state index is 0.0260. The molecular weight excluding hydrogens is 446 g/mol. The van der Waals surface area contributed by atoms with Gasteiger partial charge in [0.2, 0.25) is 5.91 Å². The lowest BCUT2D eigenvalue weighted by molar-refractivity contribution is -0.919. The summed E-state index contributed by atoms with van der Waals surface area (Å²) in [5, 5.41) is 8.48. The van der Waals surface area contributed by atoms with E-state index in [4.69, 9.17) is 16.7 Å². The third kappa shape index (κ3) is 4.65. The van der Waals surface area contributed by atoms with Crippen LogP contribution in [-0.4, -0.2) is 33.3 Å². The largest absolute Gasteiger partial charge is 0.331 e. The maximum Gasteiger partial charge on any atom is 0.227 e. The molecule has 1 aliphatic rings. The van der Waals surface area contributed by atoms with Gasteiger partial charge < -0.3 is 14.8 Å². The van der Waals surface area contributed by atoms with Gasteiger partial charge in [0.1, 0.15) is 12.4 Å². The number of benzene rings is 2. The summed E-state index contributed by atoms with van der Waals surface area (Å²) in [5.74, 6) is 1.19. The molecule has 1 aliphatic heterocycles. The van der Waals surface area contributed by atoms with E-state index >= 15 is 0 Å². The number of halogens is 1. The van der Waals surface area contributed by atoms with Gasteiger partial charge in [0.25, 0.3) is 0 Å². The first-order valence-electron chi connectivity index (χ1n) is 11.8. The van der Waals surface area contributed by atoms with Gasteiger partial charge in [-0.15, -0.1) is 0 Å². The van der Waals surface area contributed by atoms with Crippen LogP contribution in [0.1, 0.15) is 24.0 Å². The molecule has 3 heterocycles. The lowest BCUT2D eigenvalue weighted by atomic mass is 9.95. The van der Waals surface area contributed by atoms with E-state index in [-0.39, 0.29) is 11.8 Å². The van der Waals surface area contributed by atoms with Crippen molar-refractivity contribution in [2.75, 3.05) is 18.4 Å². The molecule has 7 heteroatoms. The molecule has 2 aromatic carbocycles. The number of piperidine rings is 1. The summed E-state index contributed by atoms with van der Waals surface area (Å²) in [5.41, 5.74) is 3.96. The van der Waals surface area contributed by atoms with Crippen LogP contribution in [0.15, 0.2) is 79.3 Å². The number of carbonyl (C=O) groups is 1. The van der Waals surface area contributed by atoms with Crippen molar-refractivity contribution in [1.29, 1.82) is 0 Å². The molecule has 1 saturated heterocycles. The zero-order valence-corrected chi connectivity index (χ0v) is 20.0. The smallest absolute Gasteiger partial charge is 0.227 e. The molecule has 2 N–H and O–H groups in total. The van der Waals surface area contributed by atoms with Gasteiger partial charge in [-0.1, -0.05) is 35.9 Å². The molecule has 0 atom stereocenters. The first-order chi connectivity index (χ1) is 16.6. The quantitative estimate of drug-likeness (QED) is 0.443. The van der Waals surface area contributed by atoms with Gasteiger partial charge in [-0.3, -0.25) is 4.79 Å². The second-order valence-electron chi connectivity index (χ2n) is 8.93. The molecule has 4 aromatic rings. The highest BCUT2D eigenvalue weighted by molar-refractivity contribution is 6.31. The summed E-state index contributed by atoms with van der Waals surface area (Å²) < 4.78 is 4.13. The highest BCUT2D eigenvalue weighted by Gasteiger charge is 2.29. The number of hydrogen-bond donors (Lipinski definition) is 2. The van der Waals surface area contributed by atoms with Crippen molar-refractivity contribution in [3.05, 3.63) is 95.4 Å². The summed E-state index contributed by atoms with van der Waals surface area (Å²) in [7, 11) is 0. The molecule has 1 amide bonds. The second kappa shape index (κ2) is 9.87. The molecule has 6 nitrogen and oxygen atoms in total. The number of rotatable bonds is 6. The minimum Gasteiger partial charge on any atom is -0.331 e. The van der Waals surface area contributed by atoms with Crippen LogP contribution in [0.2, 0.25) is 5.02 Å². The third-order valence-corrected chi connectivity index (χ3v) is 7.11. The van der Waals surface area contributed by atoms with Crippen molar-refractivity contribution in [3.63, 3.8) is 0 Å². The standard InChI is InChI=1S/C27H28ClN5O/c1-20-24(28)10-7-11-25(20)30-26(34)21-12-16-31(17-13-21)19-22-18-29-33(23-8-3-2-4-9-23)27(22)32-14-5-6-15-32/h2-11,14-15,18,21H,12-13,16-17,19H2,1H3,(H,30,34)/p+1. The SMILES string of the molecule is Cc1c(Cl)cccc1NC(=O)C1CC[NH+](Cc2cnn(-c3ccccc3)c2-n2cccc2)CC1. The van der Waals surface area contributed by atoms with Crippen molar-refractivity contribution in [3.8, 4) is 11.5 Å². The van der Waals surface area contributed by atoms with Crippen molar-refractivity contribution >= 4 is 23.2 Å². The molecule has 0 bridgehead atoms. The van der Waals surface area contributed by atoms with Crippen LogP contribution in [0.3, 0.4) is 0 Å². The van der Waals surface area contributed by atoms with Crippen LogP contribution in [0, 0.1) is 12.8 Å². The maximum atomic E-state index is 12.9. The van der Waals surface area contributed by atoms with Gasteiger partial charge >= 0.3 is 0 Å². The number of quaternary nitrogens is 1. The highest BCUT2D eigenvalue weighted by atomic mass is 35.5. The number of carbonyl (C=O) groups excluding carboxylic acids is 1. The number of aromatic nitrogens is 3. The topological polar surface area (TPSA) is 56.3 Å². The molecule has 0 unspecified atom stereocenters. The number of nitrogens with one attached hydrogen (secondary N) is 2. The number of anilines is 1. The fourth-order valence-corrected chi connectivity index (χ4v) is 4.90. The molecular formula is C27H29ClN5O+. The molecule has 1 fully saturated rings. The zero-order chi connectivity index (χ0) is 23.5. The predicted octanol–water partition coefficient (Wildman–Crippen LogP) is 4.06. The van der Waals surface area contributed by atoms with Gasteiger partial charge in [-0.25, -0.2) is 4.68 Å². The first kappa shape index (κ1) is 22.4. The number of likely N-dealkylation sites (tertiary alicyclic amines) is 1. The van der Waals surface area contributed by atoms with E-state index in [0.717, 1.165) is 55.2 Å². The fourth-order valence-electron chi connectivity index (χ4n) is 4.72. The molecule has 5 rings (SSSR count). The average molecular weight is 475 g/mol. The number of amides is 1. The molecule has 34 heavy (non-hydrogen) atoms. The Hall–Kier alpha value is -3.35. The third-order valence-electron chi connectivity index (χ3n) is 6.70. The molecule has 0 aliphatic carbocycles. The Labute approximate surface area is 204 Å². The van der Waals surface area contributed by atoms with Crippen LogP contribution in [0.25, 0.3) is 11.5 Å². The maximum absolute atomic E-state index is 12.9. The fraction of sp³-hybridized carbons (Fsp3) is 0.259. The monoisotopic (exact) mass is 474 g/mol. The van der Waals surface area contributed by atoms with E-state index in [1.165, 1.54) is 10.5 Å². The molecule has 0 radical (unpaired) electrons. The lowest BCUT2D eigenvalue weighted by Gasteiger charge is -2.29. The average Bonchev–Trinajstić information content (AvgIpc) is 3.53. The number of nitrogens with zero attached hydrogens (tertiary/aromatic N) is 3. The van der Waals surface area contributed by atoms with Crippen molar-refractivity contribution < 1.29 is 9.69 Å². The molecule has 2 aromatic heterocycles. The summed E-state index contributed by atoms with van der Waals surface area (Å²) >= 11 is 6.21. The van der Waals surface area contributed by atoms with E-state index in [9.17, 15) is 4.79 Å². The van der Waals surface area contributed by atoms with Crippen molar-refractivity contribution in [1.82, 2.24) is 14.3 Å². The van der Waals surface area contributed by atoms with Crippen LogP contribution in [0.4, 0.5) is 5.69 Å².